The molecular weight excluding hydrogens is 309 g/mol. The molecule has 17 heavy (non-hydrogen) atoms. The van der Waals surface area contributed by atoms with Gasteiger partial charge < -0.3 is 10.4 Å². The Labute approximate surface area is 112 Å². The third kappa shape index (κ3) is 3.71. The van der Waals surface area contributed by atoms with Crippen LogP contribution >= 0.6 is 27.5 Å². The molecule has 1 amide bonds. The van der Waals surface area contributed by atoms with Crippen molar-refractivity contribution >= 4 is 39.4 Å². The van der Waals surface area contributed by atoms with Crippen molar-refractivity contribution in [3.8, 4) is 0 Å². The summed E-state index contributed by atoms with van der Waals surface area (Å²) in [6, 6.07) is 3.86. The zero-order valence-electron chi connectivity index (χ0n) is 9.04. The summed E-state index contributed by atoms with van der Waals surface area (Å²) in [5.74, 6) is -1.52. The lowest BCUT2D eigenvalue weighted by atomic mass is 10.1. The van der Waals surface area contributed by atoms with E-state index in [1.165, 1.54) is 6.07 Å². The molecule has 4 nitrogen and oxygen atoms in total. The number of hydrogen-bond acceptors (Lipinski definition) is 2. The summed E-state index contributed by atoms with van der Waals surface area (Å²) in [5, 5.41) is 11.7. The molecule has 0 radical (unpaired) electrons. The van der Waals surface area contributed by atoms with Crippen molar-refractivity contribution in [3.63, 3.8) is 0 Å². The van der Waals surface area contributed by atoms with Gasteiger partial charge in [0.15, 0.2) is 0 Å². The van der Waals surface area contributed by atoms with Crippen LogP contribution in [-0.2, 0) is 4.79 Å². The van der Waals surface area contributed by atoms with Crippen LogP contribution in [0.15, 0.2) is 22.7 Å². The van der Waals surface area contributed by atoms with Crippen LogP contribution in [0, 0.1) is 0 Å². The Kier molecular flexibility index (Phi) is 4.96. The molecule has 1 aromatic rings. The molecule has 1 aromatic carbocycles. The van der Waals surface area contributed by atoms with Crippen LogP contribution in [0.4, 0.5) is 0 Å². The summed E-state index contributed by atoms with van der Waals surface area (Å²) < 4.78 is 0.569. The van der Waals surface area contributed by atoms with E-state index in [-0.39, 0.29) is 0 Å². The van der Waals surface area contributed by atoms with Crippen molar-refractivity contribution in [2.24, 2.45) is 0 Å². The average Bonchev–Trinajstić information content (AvgIpc) is 2.28. The van der Waals surface area contributed by atoms with Gasteiger partial charge in [-0.05, 0) is 40.5 Å². The molecule has 0 saturated carbocycles. The fraction of sp³-hybridized carbons (Fsp3) is 0.273. The average molecular weight is 321 g/mol. The summed E-state index contributed by atoms with van der Waals surface area (Å²) in [6.07, 6.45) is 0.319. The quantitative estimate of drug-likeness (QED) is 0.896. The van der Waals surface area contributed by atoms with Crippen molar-refractivity contribution in [3.05, 3.63) is 33.3 Å². The standard InChI is InChI=1S/C11H11BrClNO3/c1-2-9(11(16)17)14-10(15)7-5-6(13)3-4-8(7)12/h3-5,9H,2H2,1H3,(H,14,15)(H,16,17)/t9-/m1/s1. The topological polar surface area (TPSA) is 66.4 Å². The Balaban J connectivity index is 2.89. The molecule has 92 valence electrons. The van der Waals surface area contributed by atoms with Gasteiger partial charge in [-0.2, -0.15) is 0 Å². The summed E-state index contributed by atoms with van der Waals surface area (Å²) >= 11 is 8.99. The van der Waals surface area contributed by atoms with Crippen molar-refractivity contribution < 1.29 is 14.7 Å². The second kappa shape index (κ2) is 6.02. The number of carboxylic acid groups (broad SMARTS) is 1. The van der Waals surface area contributed by atoms with Crippen LogP contribution in [-0.4, -0.2) is 23.0 Å². The first kappa shape index (κ1) is 14.0. The van der Waals surface area contributed by atoms with E-state index in [4.69, 9.17) is 16.7 Å². The maximum Gasteiger partial charge on any atom is 0.326 e. The first-order valence-electron chi connectivity index (χ1n) is 4.94. The zero-order chi connectivity index (χ0) is 13.0. The van der Waals surface area contributed by atoms with E-state index >= 15 is 0 Å². The Morgan fingerprint density at radius 1 is 1.53 bits per heavy atom. The molecule has 1 rings (SSSR count). The van der Waals surface area contributed by atoms with Gasteiger partial charge in [0, 0.05) is 9.50 Å². The van der Waals surface area contributed by atoms with Crippen molar-refractivity contribution in [1.29, 1.82) is 0 Å². The number of nitrogens with one attached hydrogen (secondary N) is 1. The molecule has 0 aliphatic carbocycles. The largest absolute Gasteiger partial charge is 0.480 e. The van der Waals surface area contributed by atoms with E-state index in [9.17, 15) is 9.59 Å². The molecule has 0 unspecified atom stereocenters. The highest BCUT2D eigenvalue weighted by Crippen LogP contribution is 2.21. The fourth-order valence-corrected chi connectivity index (χ4v) is 1.84. The van der Waals surface area contributed by atoms with Gasteiger partial charge in [-0.3, -0.25) is 4.79 Å². The highest BCUT2D eigenvalue weighted by atomic mass is 79.9. The fourth-order valence-electron chi connectivity index (χ4n) is 1.25. The summed E-state index contributed by atoms with van der Waals surface area (Å²) in [5.41, 5.74) is 0.317. The van der Waals surface area contributed by atoms with Crippen molar-refractivity contribution in [1.82, 2.24) is 5.32 Å². The molecule has 2 N–H and O–H groups in total. The minimum atomic E-state index is -1.06. The summed E-state index contributed by atoms with van der Waals surface area (Å²) in [4.78, 5) is 22.6. The lowest BCUT2D eigenvalue weighted by Gasteiger charge is -2.13. The molecule has 0 spiro atoms. The predicted octanol–water partition coefficient (Wildman–Crippen LogP) is 2.70. The maximum atomic E-state index is 11.8. The highest BCUT2D eigenvalue weighted by Gasteiger charge is 2.19. The van der Waals surface area contributed by atoms with Crippen molar-refractivity contribution in [2.75, 3.05) is 0 Å². The molecule has 0 fully saturated rings. The minimum Gasteiger partial charge on any atom is -0.480 e. The molecule has 0 aliphatic heterocycles. The van der Waals surface area contributed by atoms with Crippen LogP contribution in [0.25, 0.3) is 0 Å². The highest BCUT2D eigenvalue weighted by molar-refractivity contribution is 9.10. The van der Waals surface area contributed by atoms with Gasteiger partial charge in [0.2, 0.25) is 0 Å². The van der Waals surface area contributed by atoms with Gasteiger partial charge in [-0.25, -0.2) is 4.79 Å². The van der Waals surface area contributed by atoms with Gasteiger partial charge in [-0.1, -0.05) is 18.5 Å². The zero-order valence-corrected chi connectivity index (χ0v) is 11.4. The Bertz CT molecular complexity index is 450. The second-order valence-corrected chi connectivity index (χ2v) is 4.69. The Hall–Kier alpha value is -1.07. The van der Waals surface area contributed by atoms with E-state index < -0.39 is 17.9 Å². The first-order chi connectivity index (χ1) is 7.95. The first-order valence-corrected chi connectivity index (χ1v) is 6.11. The van der Waals surface area contributed by atoms with Crippen LogP contribution < -0.4 is 5.32 Å². The number of carbonyl (C=O) groups excluding carboxylic acids is 1. The van der Waals surface area contributed by atoms with Crippen LogP contribution in [0.1, 0.15) is 23.7 Å². The van der Waals surface area contributed by atoms with E-state index in [0.717, 1.165) is 0 Å². The lowest BCUT2D eigenvalue weighted by Crippen LogP contribution is -2.40. The molecule has 0 aromatic heterocycles. The van der Waals surface area contributed by atoms with Gasteiger partial charge in [-0.15, -0.1) is 0 Å². The van der Waals surface area contributed by atoms with Crippen molar-refractivity contribution in [2.45, 2.75) is 19.4 Å². The van der Waals surface area contributed by atoms with Gasteiger partial charge in [0.1, 0.15) is 6.04 Å². The van der Waals surface area contributed by atoms with E-state index in [1.807, 2.05) is 0 Å². The SMILES string of the molecule is CC[C@@H](NC(=O)c1cc(Cl)ccc1Br)C(=O)O. The van der Waals surface area contributed by atoms with E-state index in [2.05, 4.69) is 21.2 Å². The number of benzene rings is 1. The molecular formula is C11H11BrClNO3. The summed E-state index contributed by atoms with van der Waals surface area (Å²) in [7, 11) is 0. The van der Waals surface area contributed by atoms with Gasteiger partial charge in [0.05, 0.1) is 5.56 Å². The predicted molar refractivity (Wildman–Crippen MR) is 68.3 cm³/mol. The molecule has 0 bridgehead atoms. The number of hydrogen-bond donors (Lipinski definition) is 2. The lowest BCUT2D eigenvalue weighted by molar-refractivity contribution is -0.139. The number of aliphatic carboxylic acids is 1. The van der Waals surface area contributed by atoms with E-state index in [0.29, 0.717) is 21.5 Å². The second-order valence-electron chi connectivity index (χ2n) is 3.40. The number of carboxylic acids is 1. The molecule has 0 heterocycles. The number of rotatable bonds is 4. The number of carbonyl (C=O) groups is 2. The Morgan fingerprint density at radius 2 is 2.18 bits per heavy atom. The van der Waals surface area contributed by atoms with Crippen LogP contribution in [0.5, 0.6) is 0 Å². The number of amides is 1. The van der Waals surface area contributed by atoms with Gasteiger partial charge in [0.25, 0.3) is 5.91 Å². The number of halogens is 2. The minimum absolute atomic E-state index is 0.317. The van der Waals surface area contributed by atoms with E-state index in [1.54, 1.807) is 19.1 Å². The van der Waals surface area contributed by atoms with Gasteiger partial charge >= 0.3 is 5.97 Å². The molecule has 0 saturated heterocycles. The molecule has 0 aliphatic rings. The third-order valence-electron chi connectivity index (χ3n) is 2.18. The smallest absolute Gasteiger partial charge is 0.326 e. The molecule has 6 heteroatoms. The summed E-state index contributed by atoms with van der Waals surface area (Å²) in [6.45, 7) is 1.69. The maximum absolute atomic E-state index is 11.8. The molecule has 1 atom stereocenters. The van der Waals surface area contributed by atoms with Crippen LogP contribution in [0.2, 0.25) is 5.02 Å². The normalized spacial score (nSPS) is 11.9. The third-order valence-corrected chi connectivity index (χ3v) is 3.11. The van der Waals surface area contributed by atoms with Crippen LogP contribution in [0.3, 0.4) is 0 Å². The monoisotopic (exact) mass is 319 g/mol. The Morgan fingerprint density at radius 3 is 2.71 bits per heavy atom.